The van der Waals surface area contributed by atoms with Gasteiger partial charge in [0.1, 0.15) is 18.5 Å². The fraction of sp³-hybridized carbons (Fsp3) is 0.500. The second kappa shape index (κ2) is 10.4. The number of rotatable bonds is 9. The third-order valence-electron chi connectivity index (χ3n) is 4.62. The Hall–Kier alpha value is -1.15. The molecule has 2 aromatic rings. The summed E-state index contributed by atoms with van der Waals surface area (Å²) in [6.45, 7) is 4.03. The predicted molar refractivity (Wildman–Crippen MR) is 109 cm³/mol. The molecule has 1 atom stereocenters. The van der Waals surface area contributed by atoms with Gasteiger partial charge >= 0.3 is 0 Å². The van der Waals surface area contributed by atoms with Crippen LogP contribution < -0.4 is 10.1 Å². The average molecular weight is 411 g/mol. The number of halogens is 1. The molecule has 2 heterocycles. The van der Waals surface area contributed by atoms with Crippen molar-refractivity contribution in [2.24, 2.45) is 0 Å². The fourth-order valence-electron chi connectivity index (χ4n) is 3.17. The van der Waals surface area contributed by atoms with Gasteiger partial charge in [0, 0.05) is 37.6 Å². The first kappa shape index (κ1) is 20.6. The lowest BCUT2D eigenvalue weighted by molar-refractivity contribution is 0.0337. The van der Waals surface area contributed by atoms with Crippen LogP contribution in [-0.2, 0) is 13.1 Å². The lowest BCUT2D eigenvalue weighted by atomic mass is 10.1. The number of benzene rings is 1. The van der Waals surface area contributed by atoms with Crippen molar-refractivity contribution in [3.05, 3.63) is 51.2 Å². The minimum Gasteiger partial charge on any atom is -0.491 e. The molecule has 1 fully saturated rings. The third-order valence-corrected chi connectivity index (χ3v) is 5.86. The Labute approximate surface area is 169 Å². The van der Waals surface area contributed by atoms with Gasteiger partial charge in [0.2, 0.25) is 0 Å². The van der Waals surface area contributed by atoms with Crippen molar-refractivity contribution in [3.63, 3.8) is 0 Å². The van der Waals surface area contributed by atoms with Gasteiger partial charge in [0.05, 0.1) is 10.4 Å². The van der Waals surface area contributed by atoms with E-state index in [1.54, 1.807) is 11.3 Å². The van der Waals surface area contributed by atoms with Gasteiger partial charge in [-0.1, -0.05) is 23.7 Å². The Bertz CT molecular complexity index is 704. The number of thiophene rings is 1. The van der Waals surface area contributed by atoms with Crippen molar-refractivity contribution in [2.75, 3.05) is 26.2 Å². The highest BCUT2D eigenvalue weighted by atomic mass is 35.5. The standard InChI is InChI=1S/C20H27ClN2O3S/c21-20-5-4-19(27-20)12-22-11-15-2-1-3-18(10-15)26-14-17(25)13-23-8-6-16(24)7-9-23/h1-5,10,16-17,22,24-25H,6-9,11-14H2. The van der Waals surface area contributed by atoms with E-state index in [-0.39, 0.29) is 12.7 Å². The second-order valence-electron chi connectivity index (χ2n) is 6.95. The molecule has 0 saturated carbocycles. The minimum atomic E-state index is -0.536. The van der Waals surface area contributed by atoms with Gasteiger partial charge in [0.25, 0.3) is 0 Å². The largest absolute Gasteiger partial charge is 0.491 e. The number of likely N-dealkylation sites (tertiary alicyclic amines) is 1. The highest BCUT2D eigenvalue weighted by Crippen LogP contribution is 2.21. The predicted octanol–water partition coefficient (Wildman–Crippen LogP) is 2.89. The van der Waals surface area contributed by atoms with E-state index in [4.69, 9.17) is 16.3 Å². The van der Waals surface area contributed by atoms with E-state index >= 15 is 0 Å². The van der Waals surface area contributed by atoms with Crippen LogP contribution in [0.4, 0.5) is 0 Å². The minimum absolute atomic E-state index is 0.192. The monoisotopic (exact) mass is 410 g/mol. The fourth-order valence-corrected chi connectivity index (χ4v) is 4.22. The molecule has 27 heavy (non-hydrogen) atoms. The first-order valence-corrected chi connectivity index (χ1v) is 10.5. The van der Waals surface area contributed by atoms with Gasteiger partial charge in [-0.3, -0.25) is 0 Å². The summed E-state index contributed by atoms with van der Waals surface area (Å²) in [4.78, 5) is 3.39. The van der Waals surface area contributed by atoms with Crippen molar-refractivity contribution < 1.29 is 14.9 Å². The number of piperidine rings is 1. The summed E-state index contributed by atoms with van der Waals surface area (Å²) in [5.41, 5.74) is 1.13. The van der Waals surface area contributed by atoms with Crippen LogP contribution in [0, 0.1) is 0 Å². The van der Waals surface area contributed by atoms with Crippen LogP contribution in [0.25, 0.3) is 0 Å². The van der Waals surface area contributed by atoms with Crippen LogP contribution in [0.3, 0.4) is 0 Å². The number of hydrogen-bond acceptors (Lipinski definition) is 6. The summed E-state index contributed by atoms with van der Waals surface area (Å²) in [5, 5.41) is 23.2. The van der Waals surface area contributed by atoms with Crippen LogP contribution in [0.1, 0.15) is 23.3 Å². The molecular weight excluding hydrogens is 384 g/mol. The summed E-state index contributed by atoms with van der Waals surface area (Å²) in [7, 11) is 0. The number of aliphatic hydroxyl groups is 2. The Morgan fingerprint density at radius 1 is 1.22 bits per heavy atom. The van der Waals surface area contributed by atoms with E-state index in [1.807, 2.05) is 30.3 Å². The molecule has 0 amide bonds. The summed E-state index contributed by atoms with van der Waals surface area (Å²) < 4.78 is 6.58. The topological polar surface area (TPSA) is 65.0 Å². The van der Waals surface area contributed by atoms with E-state index < -0.39 is 6.10 Å². The normalized spacial score (nSPS) is 17.1. The zero-order chi connectivity index (χ0) is 19.1. The van der Waals surface area contributed by atoms with E-state index in [9.17, 15) is 10.2 Å². The molecule has 3 N–H and O–H groups in total. The molecule has 3 rings (SSSR count). The van der Waals surface area contributed by atoms with Crippen LogP contribution in [0.15, 0.2) is 36.4 Å². The summed E-state index contributed by atoms with van der Waals surface area (Å²) in [6, 6.07) is 11.9. The van der Waals surface area contributed by atoms with Crippen LogP contribution in [0.5, 0.6) is 5.75 Å². The summed E-state index contributed by atoms with van der Waals surface area (Å²) in [5.74, 6) is 0.765. The smallest absolute Gasteiger partial charge is 0.119 e. The maximum atomic E-state index is 10.2. The molecule has 1 saturated heterocycles. The zero-order valence-electron chi connectivity index (χ0n) is 15.3. The molecule has 0 spiro atoms. The number of nitrogens with one attached hydrogen (secondary N) is 1. The lowest BCUT2D eigenvalue weighted by Gasteiger charge is -2.30. The van der Waals surface area contributed by atoms with E-state index in [2.05, 4.69) is 16.3 Å². The molecule has 148 valence electrons. The molecule has 1 aliphatic rings. The van der Waals surface area contributed by atoms with Crippen LogP contribution in [-0.4, -0.2) is 53.6 Å². The maximum Gasteiger partial charge on any atom is 0.119 e. The molecule has 0 radical (unpaired) electrons. The maximum absolute atomic E-state index is 10.2. The van der Waals surface area contributed by atoms with Gasteiger partial charge < -0.3 is 25.2 Å². The second-order valence-corrected chi connectivity index (χ2v) is 8.75. The molecule has 0 aliphatic carbocycles. The van der Waals surface area contributed by atoms with Crippen LogP contribution in [0.2, 0.25) is 4.34 Å². The third kappa shape index (κ3) is 7.07. The number of hydrogen-bond donors (Lipinski definition) is 3. The molecule has 1 unspecified atom stereocenters. The Morgan fingerprint density at radius 2 is 2.04 bits per heavy atom. The van der Waals surface area contributed by atoms with Crippen molar-refractivity contribution in [1.29, 1.82) is 0 Å². The molecule has 1 aromatic carbocycles. The van der Waals surface area contributed by atoms with Crippen molar-refractivity contribution in [1.82, 2.24) is 10.2 Å². The van der Waals surface area contributed by atoms with Gasteiger partial charge in [0.15, 0.2) is 0 Å². The number of aliphatic hydroxyl groups excluding tert-OH is 2. The van der Waals surface area contributed by atoms with Gasteiger partial charge in [-0.25, -0.2) is 0 Å². The van der Waals surface area contributed by atoms with Gasteiger partial charge in [-0.15, -0.1) is 11.3 Å². The highest BCUT2D eigenvalue weighted by Gasteiger charge is 2.19. The summed E-state index contributed by atoms with van der Waals surface area (Å²) >= 11 is 7.53. The zero-order valence-corrected chi connectivity index (χ0v) is 16.9. The Balaban J connectivity index is 1.39. The first-order valence-electron chi connectivity index (χ1n) is 9.33. The highest BCUT2D eigenvalue weighted by molar-refractivity contribution is 7.16. The van der Waals surface area contributed by atoms with E-state index in [0.717, 1.165) is 54.7 Å². The van der Waals surface area contributed by atoms with Crippen molar-refractivity contribution in [3.8, 4) is 5.75 Å². The molecular formula is C20H27ClN2O3S. The SMILES string of the molecule is OC1CCN(CC(O)COc2cccc(CNCc3ccc(Cl)s3)c2)CC1. The van der Waals surface area contributed by atoms with Gasteiger partial charge in [-0.2, -0.15) is 0 Å². The van der Waals surface area contributed by atoms with Crippen molar-refractivity contribution in [2.45, 2.75) is 38.1 Å². The number of nitrogens with zero attached hydrogens (tertiary/aromatic N) is 1. The number of β-amino-alcohol motifs (C(OH)–C–C–N with tert-alkyl or cyclic N) is 1. The molecule has 1 aliphatic heterocycles. The molecule has 0 bridgehead atoms. The molecule has 7 heteroatoms. The number of ether oxygens (including phenoxy) is 1. The van der Waals surface area contributed by atoms with E-state index in [0.29, 0.717) is 6.54 Å². The molecule has 5 nitrogen and oxygen atoms in total. The van der Waals surface area contributed by atoms with Gasteiger partial charge in [-0.05, 0) is 42.7 Å². The lowest BCUT2D eigenvalue weighted by Crippen LogP contribution is -2.41. The average Bonchev–Trinajstić information content (AvgIpc) is 3.07. The van der Waals surface area contributed by atoms with E-state index in [1.165, 1.54) is 4.88 Å². The van der Waals surface area contributed by atoms with Crippen LogP contribution >= 0.6 is 22.9 Å². The van der Waals surface area contributed by atoms with Crippen molar-refractivity contribution >= 4 is 22.9 Å². The summed E-state index contributed by atoms with van der Waals surface area (Å²) in [6.07, 6.45) is 0.828. The first-order chi connectivity index (χ1) is 13.1. The quantitative estimate of drug-likeness (QED) is 0.593. The Kier molecular flexibility index (Phi) is 7.93. The molecule has 1 aromatic heterocycles. The Morgan fingerprint density at radius 3 is 2.78 bits per heavy atom.